The van der Waals surface area contributed by atoms with Crippen molar-refractivity contribution in [3.63, 3.8) is 0 Å². The minimum atomic E-state index is 0.565. The molecule has 0 saturated heterocycles. The molecule has 2 aromatic rings. The van der Waals surface area contributed by atoms with E-state index >= 15 is 0 Å². The Bertz CT molecular complexity index is 488. The maximum atomic E-state index is 3.35. The average molecular weight is 328 g/mol. The maximum Gasteiger partial charge on any atom is 0.0467 e. The summed E-state index contributed by atoms with van der Waals surface area (Å²) in [6.07, 6.45) is 3.24. The molecular weight excluding hydrogens is 311 g/mol. The van der Waals surface area contributed by atoms with Crippen molar-refractivity contribution in [1.29, 1.82) is 0 Å². The van der Waals surface area contributed by atoms with E-state index in [1.165, 1.54) is 20.0 Å². The monoisotopic (exact) mass is 328 g/mol. The first kappa shape index (κ1) is 11.9. The number of hydrogen-bond donors (Lipinski definition) is 1. The molecule has 86 valence electrons. The maximum absolute atomic E-state index is 3.35. The quantitative estimate of drug-likeness (QED) is 0.857. The van der Waals surface area contributed by atoms with Crippen LogP contribution in [0.25, 0.3) is 10.9 Å². The van der Waals surface area contributed by atoms with Gasteiger partial charge in [-0.25, -0.2) is 0 Å². The number of hydrogen-bond acceptors (Lipinski definition) is 1. The fourth-order valence-corrected chi connectivity index (χ4v) is 2.71. The van der Waals surface area contributed by atoms with Crippen molar-refractivity contribution >= 4 is 33.5 Å². The smallest absolute Gasteiger partial charge is 0.0467 e. The van der Waals surface area contributed by atoms with E-state index in [1.807, 2.05) is 0 Å². The van der Waals surface area contributed by atoms with E-state index in [1.54, 1.807) is 0 Å². The Morgan fingerprint density at radius 3 is 2.81 bits per heavy atom. The van der Waals surface area contributed by atoms with E-state index in [0.29, 0.717) is 6.04 Å². The molecule has 0 aliphatic rings. The van der Waals surface area contributed by atoms with Gasteiger partial charge in [0.05, 0.1) is 0 Å². The lowest BCUT2D eigenvalue weighted by Crippen LogP contribution is -2.26. The summed E-state index contributed by atoms with van der Waals surface area (Å²) < 4.78 is 1.33. The van der Waals surface area contributed by atoms with Crippen molar-refractivity contribution in [2.24, 2.45) is 0 Å². The van der Waals surface area contributed by atoms with Gasteiger partial charge in [0.25, 0.3) is 0 Å². The van der Waals surface area contributed by atoms with Crippen molar-refractivity contribution in [2.45, 2.75) is 19.4 Å². The molecule has 3 heteroatoms. The number of nitrogens with zero attached hydrogens (tertiary/aromatic N) is 1. The molecule has 0 fully saturated rings. The van der Waals surface area contributed by atoms with E-state index in [2.05, 4.69) is 77.9 Å². The molecule has 16 heavy (non-hydrogen) atoms. The number of nitrogens with one attached hydrogen (secondary N) is 1. The van der Waals surface area contributed by atoms with Crippen molar-refractivity contribution in [1.82, 2.24) is 9.88 Å². The lowest BCUT2D eigenvalue weighted by molar-refractivity contribution is 0.313. The number of aromatic amines is 1. The Kier molecular flexibility index (Phi) is 3.54. The summed E-state index contributed by atoms with van der Waals surface area (Å²) in [7, 11) is 4.26. The number of halogens is 1. The highest BCUT2D eigenvalue weighted by Gasteiger charge is 2.11. The van der Waals surface area contributed by atoms with Crippen LogP contribution in [0.3, 0.4) is 0 Å². The van der Waals surface area contributed by atoms with E-state index in [9.17, 15) is 0 Å². The van der Waals surface area contributed by atoms with Crippen LogP contribution in [0.15, 0.2) is 24.4 Å². The summed E-state index contributed by atoms with van der Waals surface area (Å²) in [5.74, 6) is 0. The number of likely N-dealkylation sites (N-methyl/N-ethyl adjacent to an activating group) is 1. The molecule has 0 radical (unpaired) electrons. The Balaban J connectivity index is 2.38. The van der Waals surface area contributed by atoms with Gasteiger partial charge in [-0.3, -0.25) is 0 Å². The fraction of sp³-hybridized carbons (Fsp3) is 0.385. The molecule has 0 unspecified atom stereocenters. The fourth-order valence-electron chi connectivity index (χ4n) is 1.87. The van der Waals surface area contributed by atoms with E-state index in [-0.39, 0.29) is 0 Å². The van der Waals surface area contributed by atoms with Gasteiger partial charge in [-0.1, -0.05) is 6.07 Å². The standard InChI is InChI=1S/C13H17IN2/c1-9(16(2)3)7-10-8-15-12-6-4-5-11(14)13(10)12/h4-6,8-9,15H,7H2,1-3H3/t9-/m1/s1. The second-order valence-corrected chi connectivity index (χ2v) is 5.66. The normalized spacial score (nSPS) is 13.6. The second kappa shape index (κ2) is 4.75. The van der Waals surface area contributed by atoms with Gasteiger partial charge in [0.15, 0.2) is 0 Å². The Morgan fingerprint density at radius 1 is 1.38 bits per heavy atom. The summed E-state index contributed by atoms with van der Waals surface area (Å²) in [5.41, 5.74) is 2.66. The number of benzene rings is 1. The van der Waals surface area contributed by atoms with Gasteiger partial charge in [0.1, 0.15) is 0 Å². The van der Waals surface area contributed by atoms with Gasteiger partial charge < -0.3 is 9.88 Å². The van der Waals surface area contributed by atoms with Gasteiger partial charge >= 0.3 is 0 Å². The van der Waals surface area contributed by atoms with Crippen LogP contribution < -0.4 is 0 Å². The topological polar surface area (TPSA) is 19.0 Å². The zero-order valence-electron chi connectivity index (χ0n) is 9.92. The van der Waals surface area contributed by atoms with Gasteiger partial charge in [-0.05, 0) is 67.7 Å². The van der Waals surface area contributed by atoms with Crippen LogP contribution in [0.1, 0.15) is 12.5 Å². The summed E-state index contributed by atoms with van der Waals surface area (Å²) >= 11 is 2.41. The SMILES string of the molecule is C[C@H](Cc1c[nH]c2cccc(I)c12)N(C)C. The van der Waals surface area contributed by atoms with Crippen LogP contribution in [0, 0.1) is 3.57 Å². The third kappa shape index (κ3) is 2.25. The van der Waals surface area contributed by atoms with E-state index < -0.39 is 0 Å². The van der Waals surface area contributed by atoms with Gasteiger partial charge in [0.2, 0.25) is 0 Å². The van der Waals surface area contributed by atoms with Crippen LogP contribution in [0.5, 0.6) is 0 Å². The largest absolute Gasteiger partial charge is 0.361 e. The molecule has 2 nitrogen and oxygen atoms in total. The molecule has 1 aromatic carbocycles. The zero-order chi connectivity index (χ0) is 11.7. The van der Waals surface area contributed by atoms with Crippen LogP contribution in [-0.4, -0.2) is 30.0 Å². The summed E-state index contributed by atoms with van der Waals surface area (Å²) in [6.45, 7) is 2.26. The third-order valence-electron chi connectivity index (χ3n) is 3.13. The highest BCUT2D eigenvalue weighted by molar-refractivity contribution is 14.1. The Hall–Kier alpha value is -0.550. The first-order chi connectivity index (χ1) is 7.59. The summed E-state index contributed by atoms with van der Waals surface area (Å²) in [4.78, 5) is 5.61. The van der Waals surface area contributed by atoms with Crippen molar-refractivity contribution in [3.05, 3.63) is 33.5 Å². The molecule has 1 N–H and O–H groups in total. The van der Waals surface area contributed by atoms with Crippen LogP contribution in [0.4, 0.5) is 0 Å². The molecule has 0 spiro atoms. The predicted octanol–water partition coefficient (Wildman–Crippen LogP) is 3.27. The van der Waals surface area contributed by atoms with Crippen molar-refractivity contribution in [3.8, 4) is 0 Å². The molecule has 1 atom stereocenters. The number of fused-ring (bicyclic) bond motifs is 1. The summed E-state index contributed by atoms with van der Waals surface area (Å²) in [6, 6.07) is 6.97. The number of aromatic nitrogens is 1. The first-order valence-electron chi connectivity index (χ1n) is 5.50. The molecule has 2 rings (SSSR count). The summed E-state index contributed by atoms with van der Waals surface area (Å²) in [5, 5.41) is 1.39. The first-order valence-corrected chi connectivity index (χ1v) is 6.58. The molecule has 0 bridgehead atoms. The average Bonchev–Trinajstić information content (AvgIpc) is 2.63. The van der Waals surface area contributed by atoms with E-state index in [0.717, 1.165) is 6.42 Å². The Labute approximate surface area is 110 Å². The van der Waals surface area contributed by atoms with Gasteiger partial charge in [-0.15, -0.1) is 0 Å². The molecule has 1 aromatic heterocycles. The Morgan fingerprint density at radius 2 is 2.12 bits per heavy atom. The van der Waals surface area contributed by atoms with Crippen LogP contribution >= 0.6 is 22.6 Å². The predicted molar refractivity (Wildman–Crippen MR) is 77.9 cm³/mol. The van der Waals surface area contributed by atoms with Crippen molar-refractivity contribution in [2.75, 3.05) is 14.1 Å². The van der Waals surface area contributed by atoms with E-state index in [4.69, 9.17) is 0 Å². The third-order valence-corrected chi connectivity index (χ3v) is 4.03. The molecule has 0 aliphatic heterocycles. The van der Waals surface area contributed by atoms with Crippen molar-refractivity contribution < 1.29 is 0 Å². The molecule has 1 heterocycles. The second-order valence-electron chi connectivity index (χ2n) is 4.49. The number of rotatable bonds is 3. The molecule has 0 amide bonds. The minimum absolute atomic E-state index is 0.565. The zero-order valence-corrected chi connectivity index (χ0v) is 12.1. The molecule has 0 saturated carbocycles. The highest BCUT2D eigenvalue weighted by atomic mass is 127. The number of H-pyrrole nitrogens is 1. The lowest BCUT2D eigenvalue weighted by atomic mass is 10.1. The highest BCUT2D eigenvalue weighted by Crippen LogP contribution is 2.25. The van der Waals surface area contributed by atoms with Crippen LogP contribution in [-0.2, 0) is 6.42 Å². The minimum Gasteiger partial charge on any atom is -0.361 e. The molecule has 0 aliphatic carbocycles. The lowest BCUT2D eigenvalue weighted by Gasteiger charge is -2.19. The van der Waals surface area contributed by atoms with Gasteiger partial charge in [-0.2, -0.15) is 0 Å². The molecular formula is C13H17IN2. The van der Waals surface area contributed by atoms with Gasteiger partial charge in [0, 0.05) is 26.7 Å². The van der Waals surface area contributed by atoms with Crippen LogP contribution in [0.2, 0.25) is 0 Å².